The Labute approximate surface area is 197 Å². The maximum absolute atomic E-state index is 12.5. The third-order valence-electron chi connectivity index (χ3n) is 5.07. The number of ether oxygens (including phenoxy) is 3. The lowest BCUT2D eigenvalue weighted by molar-refractivity contribution is -0.213. The molecule has 0 spiro atoms. The van der Waals surface area contributed by atoms with E-state index in [0.717, 1.165) is 0 Å². The number of hydrogen-bond donors (Lipinski definition) is 4. The van der Waals surface area contributed by atoms with Crippen LogP contribution in [-0.4, -0.2) is 54.3 Å². The molecular formula is C24H29N3O7. The first-order valence-corrected chi connectivity index (χ1v) is 11.0. The molecule has 2 aromatic rings. The van der Waals surface area contributed by atoms with E-state index < -0.39 is 36.7 Å². The molecule has 0 unspecified atom stereocenters. The van der Waals surface area contributed by atoms with E-state index in [1.54, 1.807) is 68.4 Å². The van der Waals surface area contributed by atoms with Crippen molar-refractivity contribution in [1.29, 1.82) is 0 Å². The number of rotatable bonds is 7. The van der Waals surface area contributed by atoms with Crippen molar-refractivity contribution in [2.24, 2.45) is 5.92 Å². The van der Waals surface area contributed by atoms with Gasteiger partial charge in [0, 0.05) is 23.7 Å². The van der Waals surface area contributed by atoms with Gasteiger partial charge in [-0.3, -0.25) is 15.4 Å². The van der Waals surface area contributed by atoms with Gasteiger partial charge in [-0.15, -0.1) is 0 Å². The molecule has 3 rings (SSSR count). The van der Waals surface area contributed by atoms with Gasteiger partial charge in [-0.05, 0) is 24.3 Å². The Morgan fingerprint density at radius 1 is 0.971 bits per heavy atom. The monoisotopic (exact) mass is 471 g/mol. The minimum atomic E-state index is -1.48. The number of aliphatic hydroxyl groups is 1. The fourth-order valence-corrected chi connectivity index (χ4v) is 3.30. The van der Waals surface area contributed by atoms with E-state index in [1.807, 2.05) is 6.07 Å². The number of benzene rings is 2. The average Bonchev–Trinajstić information content (AvgIpc) is 2.81. The second kappa shape index (κ2) is 12.0. The molecule has 0 radical (unpaired) electrons. The number of aliphatic hydroxyl groups excluding tert-OH is 1. The molecule has 1 aliphatic rings. The summed E-state index contributed by atoms with van der Waals surface area (Å²) in [6.07, 6.45) is -4.54. The molecule has 10 heteroatoms. The van der Waals surface area contributed by atoms with Gasteiger partial charge in [0.25, 0.3) is 0 Å². The van der Waals surface area contributed by atoms with Crippen molar-refractivity contribution in [2.45, 2.75) is 44.8 Å². The molecule has 2 aromatic carbocycles. The van der Waals surface area contributed by atoms with Crippen molar-refractivity contribution in [2.75, 3.05) is 17.2 Å². The highest BCUT2D eigenvalue weighted by molar-refractivity contribution is 5.85. The lowest BCUT2D eigenvalue weighted by atomic mass is 9.99. The summed E-state index contributed by atoms with van der Waals surface area (Å²) < 4.78 is 16.3. The number of para-hydroxylation sites is 2. The van der Waals surface area contributed by atoms with E-state index in [0.29, 0.717) is 11.4 Å². The summed E-state index contributed by atoms with van der Waals surface area (Å²) in [5.41, 5.74) is 1.09. The minimum Gasteiger partial charge on any atom is -0.447 e. The molecule has 0 aromatic heterocycles. The van der Waals surface area contributed by atoms with Crippen LogP contribution in [0, 0.1) is 5.92 Å². The van der Waals surface area contributed by atoms with Crippen LogP contribution in [0.5, 0.6) is 0 Å². The zero-order valence-corrected chi connectivity index (χ0v) is 19.0. The number of hydrogen-bond acceptors (Lipinski definition) is 7. The second-order valence-electron chi connectivity index (χ2n) is 8.10. The van der Waals surface area contributed by atoms with Crippen LogP contribution < -0.4 is 16.0 Å². The fraction of sp³-hybridized carbons (Fsp3) is 0.375. The molecule has 4 atom stereocenters. The van der Waals surface area contributed by atoms with Gasteiger partial charge < -0.3 is 24.6 Å². The van der Waals surface area contributed by atoms with Crippen LogP contribution in [-0.2, 0) is 19.0 Å². The first kappa shape index (κ1) is 25.0. The van der Waals surface area contributed by atoms with Gasteiger partial charge in [0.15, 0.2) is 6.29 Å². The number of carbonyl (C=O) groups excluding carboxylic acids is 3. The van der Waals surface area contributed by atoms with Crippen LogP contribution in [0.4, 0.5) is 21.0 Å². The second-order valence-corrected chi connectivity index (χ2v) is 8.10. The molecule has 4 N–H and O–H groups in total. The molecule has 0 bridgehead atoms. The Morgan fingerprint density at radius 2 is 1.53 bits per heavy atom. The quantitative estimate of drug-likeness (QED) is 0.487. The van der Waals surface area contributed by atoms with Crippen molar-refractivity contribution in [1.82, 2.24) is 5.32 Å². The number of amides is 3. The van der Waals surface area contributed by atoms with Crippen LogP contribution in [0.25, 0.3) is 0 Å². The Morgan fingerprint density at radius 3 is 2.09 bits per heavy atom. The Bertz CT molecular complexity index is 956. The first-order chi connectivity index (χ1) is 16.3. The van der Waals surface area contributed by atoms with E-state index in [9.17, 15) is 19.5 Å². The lowest BCUT2D eigenvalue weighted by Gasteiger charge is -2.39. The summed E-state index contributed by atoms with van der Waals surface area (Å²) in [6.45, 7) is 3.21. The third kappa shape index (κ3) is 7.46. The Balaban J connectivity index is 1.62. The van der Waals surface area contributed by atoms with Gasteiger partial charge in [0.1, 0.15) is 18.8 Å². The zero-order valence-electron chi connectivity index (χ0n) is 19.0. The predicted molar refractivity (Wildman–Crippen MR) is 124 cm³/mol. The van der Waals surface area contributed by atoms with Crippen LogP contribution in [0.15, 0.2) is 60.7 Å². The number of carbonyl (C=O) groups is 3. The summed E-state index contributed by atoms with van der Waals surface area (Å²) in [5.74, 6) is -0.685. The molecule has 3 amide bonds. The highest BCUT2D eigenvalue weighted by Crippen LogP contribution is 2.23. The van der Waals surface area contributed by atoms with Crippen molar-refractivity contribution >= 4 is 29.5 Å². The van der Waals surface area contributed by atoms with Crippen LogP contribution >= 0.6 is 0 Å². The average molecular weight is 472 g/mol. The molecule has 0 aliphatic carbocycles. The van der Waals surface area contributed by atoms with E-state index in [1.165, 1.54) is 0 Å². The molecular weight excluding hydrogens is 442 g/mol. The van der Waals surface area contributed by atoms with Gasteiger partial charge in [-0.1, -0.05) is 50.2 Å². The molecule has 0 saturated carbocycles. The standard InChI is InChI=1S/C24H29N3O7/c1-15(2)21(28)27-20-19(34-24(31)26-17-11-7-4-8-12-17)13-18(33-22(20)29)14-32-23(30)25-16-9-5-3-6-10-16/h3-12,15,18-20,22,29H,13-14H2,1-2H3,(H,25,30)(H,26,31)(H,27,28)/t18-,19-,20+,22+/m0/s1. The van der Waals surface area contributed by atoms with E-state index in [2.05, 4.69) is 16.0 Å². The first-order valence-electron chi connectivity index (χ1n) is 11.0. The van der Waals surface area contributed by atoms with Crippen LogP contribution in [0.1, 0.15) is 20.3 Å². The highest BCUT2D eigenvalue weighted by Gasteiger charge is 2.42. The number of anilines is 2. The maximum Gasteiger partial charge on any atom is 0.411 e. The van der Waals surface area contributed by atoms with Gasteiger partial charge >= 0.3 is 12.2 Å². The SMILES string of the molecule is CC(C)C(=O)N[C@H]1[C@H](O)O[C@H](COC(=O)Nc2ccccc2)C[C@@H]1OC(=O)Nc1ccccc1. The summed E-state index contributed by atoms with van der Waals surface area (Å²) >= 11 is 0. The third-order valence-corrected chi connectivity index (χ3v) is 5.07. The molecule has 1 heterocycles. The van der Waals surface area contributed by atoms with Crippen molar-refractivity contribution in [3.8, 4) is 0 Å². The van der Waals surface area contributed by atoms with E-state index in [4.69, 9.17) is 14.2 Å². The summed E-state index contributed by atoms with van der Waals surface area (Å²) in [7, 11) is 0. The van der Waals surface area contributed by atoms with Crippen LogP contribution in [0.3, 0.4) is 0 Å². The summed E-state index contributed by atoms with van der Waals surface area (Å²) in [4.78, 5) is 36.8. The van der Waals surface area contributed by atoms with E-state index >= 15 is 0 Å². The molecule has 34 heavy (non-hydrogen) atoms. The zero-order chi connectivity index (χ0) is 24.5. The Kier molecular flexibility index (Phi) is 8.83. The van der Waals surface area contributed by atoms with Crippen molar-refractivity contribution in [3.63, 3.8) is 0 Å². The molecule has 182 valence electrons. The molecule has 1 fully saturated rings. The molecule has 10 nitrogen and oxygen atoms in total. The molecule has 1 saturated heterocycles. The Hall–Kier alpha value is -3.63. The van der Waals surface area contributed by atoms with Gasteiger partial charge in [0.2, 0.25) is 5.91 Å². The normalized spacial score (nSPS) is 21.9. The van der Waals surface area contributed by atoms with Gasteiger partial charge in [-0.2, -0.15) is 0 Å². The minimum absolute atomic E-state index is 0.0843. The highest BCUT2D eigenvalue weighted by atomic mass is 16.6. The number of nitrogens with one attached hydrogen (secondary N) is 3. The van der Waals surface area contributed by atoms with Crippen molar-refractivity contribution < 1.29 is 33.7 Å². The summed E-state index contributed by atoms with van der Waals surface area (Å²) in [6, 6.07) is 16.5. The summed E-state index contributed by atoms with van der Waals surface area (Å²) in [5, 5.41) is 18.4. The fourth-order valence-electron chi connectivity index (χ4n) is 3.30. The topological polar surface area (TPSA) is 135 Å². The van der Waals surface area contributed by atoms with E-state index in [-0.39, 0.29) is 24.9 Å². The smallest absolute Gasteiger partial charge is 0.411 e. The van der Waals surface area contributed by atoms with Gasteiger partial charge in [0.05, 0.1) is 6.10 Å². The van der Waals surface area contributed by atoms with Crippen molar-refractivity contribution in [3.05, 3.63) is 60.7 Å². The maximum atomic E-state index is 12.5. The predicted octanol–water partition coefficient (Wildman–Crippen LogP) is 3.10. The molecule has 1 aliphatic heterocycles. The largest absolute Gasteiger partial charge is 0.447 e. The van der Waals surface area contributed by atoms with Gasteiger partial charge in [-0.25, -0.2) is 9.59 Å². The lowest BCUT2D eigenvalue weighted by Crippen LogP contribution is -2.59. The van der Waals surface area contributed by atoms with Crippen LogP contribution in [0.2, 0.25) is 0 Å².